The third-order valence-electron chi connectivity index (χ3n) is 2.39. The molecule has 0 bridgehead atoms. The normalized spacial score (nSPS) is 16.4. The summed E-state index contributed by atoms with van der Waals surface area (Å²) in [5, 5.41) is 0.973. The lowest BCUT2D eigenvalue weighted by molar-refractivity contribution is 0.533. The van der Waals surface area contributed by atoms with E-state index in [2.05, 4.69) is 4.98 Å². The molecule has 1 aliphatic rings. The van der Waals surface area contributed by atoms with Crippen molar-refractivity contribution >= 4 is 34.3 Å². The van der Waals surface area contributed by atoms with Gasteiger partial charge in [-0.3, -0.25) is 0 Å². The van der Waals surface area contributed by atoms with Crippen molar-refractivity contribution in [3.05, 3.63) is 28.1 Å². The van der Waals surface area contributed by atoms with Gasteiger partial charge in [-0.1, -0.05) is 23.2 Å². The maximum Gasteiger partial charge on any atom is 0.198 e. The van der Waals surface area contributed by atoms with Gasteiger partial charge in [-0.2, -0.15) is 0 Å². The highest BCUT2D eigenvalue weighted by molar-refractivity contribution is 6.44. The molecule has 1 heterocycles. The van der Waals surface area contributed by atoms with Crippen molar-refractivity contribution in [1.82, 2.24) is 4.98 Å². The van der Waals surface area contributed by atoms with Crippen LogP contribution in [0.3, 0.4) is 0 Å². The van der Waals surface area contributed by atoms with Crippen molar-refractivity contribution in [2.45, 2.75) is 18.8 Å². The Kier molecular flexibility index (Phi) is 1.76. The fourth-order valence-electron chi connectivity index (χ4n) is 1.46. The summed E-state index contributed by atoms with van der Waals surface area (Å²) in [6.07, 6.45) is 2.33. The number of rotatable bonds is 1. The first-order valence-corrected chi connectivity index (χ1v) is 5.26. The zero-order chi connectivity index (χ0) is 9.71. The predicted molar refractivity (Wildman–Crippen MR) is 56.0 cm³/mol. The molecular weight excluding hydrogens is 221 g/mol. The second-order valence-electron chi connectivity index (χ2n) is 3.54. The lowest BCUT2D eigenvalue weighted by Crippen LogP contribution is -1.74. The lowest BCUT2D eigenvalue weighted by Gasteiger charge is -1.92. The largest absolute Gasteiger partial charge is 0.439 e. The van der Waals surface area contributed by atoms with Crippen LogP contribution < -0.4 is 0 Å². The summed E-state index contributed by atoms with van der Waals surface area (Å²) in [7, 11) is 0. The van der Waals surface area contributed by atoms with Gasteiger partial charge in [-0.15, -0.1) is 0 Å². The predicted octanol–water partition coefficient (Wildman–Crippen LogP) is 4.01. The van der Waals surface area contributed by atoms with Crippen LogP contribution in [0.2, 0.25) is 10.0 Å². The number of benzene rings is 1. The molecular formula is C10H7Cl2NO. The lowest BCUT2D eigenvalue weighted by atomic mass is 10.3. The van der Waals surface area contributed by atoms with E-state index >= 15 is 0 Å². The van der Waals surface area contributed by atoms with Crippen molar-refractivity contribution < 1.29 is 4.42 Å². The summed E-state index contributed by atoms with van der Waals surface area (Å²) in [5.41, 5.74) is 1.40. The zero-order valence-corrected chi connectivity index (χ0v) is 8.77. The van der Waals surface area contributed by atoms with Crippen LogP contribution in [-0.4, -0.2) is 4.98 Å². The zero-order valence-electron chi connectivity index (χ0n) is 7.26. The molecule has 1 aromatic heterocycles. The van der Waals surface area contributed by atoms with E-state index in [1.807, 2.05) is 6.07 Å². The fraction of sp³-hybridized carbons (Fsp3) is 0.300. The Morgan fingerprint density at radius 3 is 2.79 bits per heavy atom. The van der Waals surface area contributed by atoms with Crippen molar-refractivity contribution in [2.24, 2.45) is 0 Å². The number of nitrogens with zero attached hydrogens (tertiary/aromatic N) is 1. The molecule has 72 valence electrons. The van der Waals surface area contributed by atoms with E-state index < -0.39 is 0 Å². The summed E-state index contributed by atoms with van der Waals surface area (Å²) in [6, 6.07) is 3.57. The topological polar surface area (TPSA) is 26.0 Å². The van der Waals surface area contributed by atoms with Crippen molar-refractivity contribution in [1.29, 1.82) is 0 Å². The average molecular weight is 228 g/mol. The van der Waals surface area contributed by atoms with E-state index in [1.165, 1.54) is 0 Å². The standard InChI is InChI=1S/C10H7Cl2NO/c11-6-3-4-7-9(8(6)12)14-10(13-7)5-1-2-5/h3-5H,1-2H2. The molecule has 14 heavy (non-hydrogen) atoms. The van der Waals surface area contributed by atoms with Crippen molar-refractivity contribution in [3.63, 3.8) is 0 Å². The van der Waals surface area contributed by atoms with E-state index in [9.17, 15) is 0 Å². The molecule has 1 saturated carbocycles. The molecule has 0 spiro atoms. The number of hydrogen-bond donors (Lipinski definition) is 0. The molecule has 0 amide bonds. The Bertz CT molecular complexity index is 502. The summed E-state index contributed by atoms with van der Waals surface area (Å²) < 4.78 is 5.58. The second kappa shape index (κ2) is 2.88. The smallest absolute Gasteiger partial charge is 0.198 e. The average Bonchev–Trinajstić information content (AvgIpc) is 2.93. The van der Waals surface area contributed by atoms with Crippen LogP contribution in [0, 0.1) is 0 Å². The van der Waals surface area contributed by atoms with Gasteiger partial charge in [-0.05, 0) is 25.0 Å². The van der Waals surface area contributed by atoms with Gasteiger partial charge in [0.15, 0.2) is 11.5 Å². The first-order valence-electron chi connectivity index (χ1n) is 4.50. The summed E-state index contributed by atoms with van der Waals surface area (Å²) in [4.78, 5) is 4.37. The SMILES string of the molecule is Clc1ccc2nc(C3CC3)oc2c1Cl. The molecule has 4 heteroatoms. The molecule has 2 aromatic rings. The Balaban J connectivity index is 2.26. The van der Waals surface area contributed by atoms with Gasteiger partial charge in [0.05, 0.1) is 5.02 Å². The molecule has 0 radical (unpaired) electrons. The Labute approximate surface area is 90.8 Å². The van der Waals surface area contributed by atoms with Gasteiger partial charge >= 0.3 is 0 Å². The molecule has 2 nitrogen and oxygen atoms in total. The number of hydrogen-bond acceptors (Lipinski definition) is 2. The van der Waals surface area contributed by atoms with Crippen LogP contribution in [0.4, 0.5) is 0 Å². The maximum atomic E-state index is 6.00. The third-order valence-corrected chi connectivity index (χ3v) is 3.18. The molecule has 0 N–H and O–H groups in total. The highest BCUT2D eigenvalue weighted by Gasteiger charge is 2.29. The first-order chi connectivity index (χ1) is 6.75. The van der Waals surface area contributed by atoms with Crippen LogP contribution in [0.1, 0.15) is 24.7 Å². The molecule has 1 aliphatic carbocycles. The van der Waals surface area contributed by atoms with E-state index in [4.69, 9.17) is 27.6 Å². The maximum absolute atomic E-state index is 6.00. The Morgan fingerprint density at radius 2 is 2.07 bits per heavy atom. The van der Waals surface area contributed by atoms with Crippen LogP contribution in [0.25, 0.3) is 11.1 Å². The van der Waals surface area contributed by atoms with E-state index in [1.54, 1.807) is 6.07 Å². The highest BCUT2D eigenvalue weighted by Crippen LogP contribution is 2.42. The fourth-order valence-corrected chi connectivity index (χ4v) is 1.81. The molecule has 1 fully saturated rings. The summed E-state index contributed by atoms with van der Waals surface area (Å²) in [5.74, 6) is 1.29. The van der Waals surface area contributed by atoms with Crippen molar-refractivity contribution in [2.75, 3.05) is 0 Å². The van der Waals surface area contributed by atoms with Gasteiger partial charge in [0.25, 0.3) is 0 Å². The molecule has 0 saturated heterocycles. The van der Waals surface area contributed by atoms with Crippen LogP contribution in [0.5, 0.6) is 0 Å². The quantitative estimate of drug-likeness (QED) is 0.736. The second-order valence-corrected chi connectivity index (χ2v) is 4.32. The molecule has 1 aromatic carbocycles. The molecule has 3 rings (SSSR count). The number of halogens is 2. The molecule has 0 unspecified atom stereocenters. The first kappa shape index (κ1) is 8.57. The summed E-state index contributed by atoms with van der Waals surface area (Å²) >= 11 is 11.9. The van der Waals surface area contributed by atoms with Gasteiger partial charge < -0.3 is 4.42 Å². The number of fused-ring (bicyclic) bond motifs is 1. The van der Waals surface area contributed by atoms with Gasteiger partial charge in [0, 0.05) is 5.92 Å². The van der Waals surface area contributed by atoms with Gasteiger partial charge in [0.2, 0.25) is 0 Å². The Morgan fingerprint density at radius 1 is 1.29 bits per heavy atom. The van der Waals surface area contributed by atoms with E-state index in [0.717, 1.165) is 24.2 Å². The number of oxazole rings is 1. The van der Waals surface area contributed by atoms with Crippen molar-refractivity contribution in [3.8, 4) is 0 Å². The van der Waals surface area contributed by atoms with E-state index in [-0.39, 0.29) is 0 Å². The monoisotopic (exact) mass is 227 g/mol. The molecule has 0 aliphatic heterocycles. The van der Waals surface area contributed by atoms with E-state index in [0.29, 0.717) is 21.5 Å². The third kappa shape index (κ3) is 1.22. The minimum absolute atomic E-state index is 0.462. The highest BCUT2D eigenvalue weighted by atomic mass is 35.5. The minimum atomic E-state index is 0.462. The van der Waals surface area contributed by atoms with Crippen LogP contribution in [-0.2, 0) is 0 Å². The molecule has 0 atom stereocenters. The number of aromatic nitrogens is 1. The van der Waals surface area contributed by atoms with Crippen LogP contribution in [0.15, 0.2) is 16.5 Å². The Hall–Kier alpha value is -0.730. The van der Waals surface area contributed by atoms with Crippen LogP contribution >= 0.6 is 23.2 Å². The van der Waals surface area contributed by atoms with Gasteiger partial charge in [-0.25, -0.2) is 4.98 Å². The minimum Gasteiger partial charge on any atom is -0.439 e. The summed E-state index contributed by atoms with van der Waals surface area (Å²) in [6.45, 7) is 0. The van der Waals surface area contributed by atoms with Gasteiger partial charge in [0.1, 0.15) is 10.5 Å².